The van der Waals surface area contributed by atoms with E-state index in [9.17, 15) is 14.4 Å². The SMILES string of the molecule is CSc1ccc(CNC(=O)CN2C(=O)[C@@H]3CCCCN3c3ccc(C(=O)N4CCCC4)cc32)cc1. The number of carbonyl (C=O) groups is 3. The Morgan fingerprint density at radius 2 is 1.71 bits per heavy atom. The number of rotatable bonds is 6. The summed E-state index contributed by atoms with van der Waals surface area (Å²) in [5.74, 6) is -0.266. The molecule has 2 saturated heterocycles. The molecular formula is C27H32N4O3S. The molecule has 0 bridgehead atoms. The molecule has 7 nitrogen and oxygen atoms in total. The average Bonchev–Trinajstić information content (AvgIpc) is 3.44. The number of fused-ring (bicyclic) bond motifs is 3. The zero-order valence-corrected chi connectivity index (χ0v) is 21.0. The molecule has 3 heterocycles. The van der Waals surface area contributed by atoms with Crippen LogP contribution in [0.15, 0.2) is 47.4 Å². The Balaban J connectivity index is 1.37. The first kappa shape index (κ1) is 23.7. The Labute approximate surface area is 210 Å². The van der Waals surface area contributed by atoms with E-state index in [1.54, 1.807) is 16.7 Å². The number of benzene rings is 2. The predicted octanol–water partition coefficient (Wildman–Crippen LogP) is 3.67. The first-order valence-corrected chi connectivity index (χ1v) is 13.7. The molecule has 0 aliphatic carbocycles. The van der Waals surface area contributed by atoms with Crippen LogP contribution in [0.5, 0.6) is 0 Å². The lowest BCUT2D eigenvalue weighted by molar-refractivity contribution is -0.125. The summed E-state index contributed by atoms with van der Waals surface area (Å²) in [7, 11) is 0. The largest absolute Gasteiger partial charge is 0.358 e. The molecule has 3 amide bonds. The molecule has 2 aromatic rings. The molecule has 0 spiro atoms. The Kier molecular flexibility index (Phi) is 7.00. The number of anilines is 2. The molecule has 0 unspecified atom stereocenters. The number of nitrogens with zero attached hydrogens (tertiary/aromatic N) is 3. The second-order valence-electron chi connectivity index (χ2n) is 9.46. The van der Waals surface area contributed by atoms with Crippen LogP contribution in [0.3, 0.4) is 0 Å². The standard InChI is InChI=1S/C27H32N4O3S/c1-35-21-10-7-19(8-11-21)17-28-25(32)18-31-24-16-20(26(33)29-13-4-5-14-29)9-12-22(24)30-15-3-2-6-23(30)27(31)34/h7-12,16,23H,2-6,13-15,17-18H2,1H3,(H,28,32)/t23-/m0/s1. The van der Waals surface area contributed by atoms with Gasteiger partial charge in [-0.15, -0.1) is 11.8 Å². The number of hydrogen-bond donors (Lipinski definition) is 1. The van der Waals surface area contributed by atoms with E-state index in [0.717, 1.165) is 63.0 Å². The maximum absolute atomic E-state index is 13.5. The third-order valence-electron chi connectivity index (χ3n) is 7.22. The normalized spacial score (nSPS) is 19.4. The molecule has 1 atom stereocenters. The third kappa shape index (κ3) is 4.89. The van der Waals surface area contributed by atoms with Gasteiger partial charge < -0.3 is 15.1 Å². The van der Waals surface area contributed by atoms with Gasteiger partial charge >= 0.3 is 0 Å². The lowest BCUT2D eigenvalue weighted by Gasteiger charge is -2.45. The second kappa shape index (κ2) is 10.3. The molecular weight excluding hydrogens is 460 g/mol. The van der Waals surface area contributed by atoms with E-state index in [4.69, 9.17) is 0 Å². The molecule has 2 aromatic carbocycles. The van der Waals surface area contributed by atoms with Crippen LogP contribution < -0.4 is 15.1 Å². The van der Waals surface area contributed by atoms with Crippen LogP contribution in [-0.2, 0) is 16.1 Å². The summed E-state index contributed by atoms with van der Waals surface area (Å²) < 4.78 is 0. The molecule has 184 valence electrons. The minimum atomic E-state index is -0.247. The predicted molar refractivity (Wildman–Crippen MR) is 139 cm³/mol. The minimum absolute atomic E-state index is 0.00314. The molecule has 3 aliphatic heterocycles. The van der Waals surface area contributed by atoms with Gasteiger partial charge in [0.05, 0.1) is 11.4 Å². The molecule has 1 N–H and O–H groups in total. The van der Waals surface area contributed by atoms with E-state index in [-0.39, 0.29) is 30.3 Å². The summed E-state index contributed by atoms with van der Waals surface area (Å²) in [5.41, 5.74) is 3.19. The van der Waals surface area contributed by atoms with E-state index in [1.165, 1.54) is 4.90 Å². The summed E-state index contributed by atoms with van der Waals surface area (Å²) in [4.78, 5) is 46.4. The summed E-state index contributed by atoms with van der Waals surface area (Å²) in [6.45, 7) is 2.71. The molecule has 2 fully saturated rings. The van der Waals surface area contributed by atoms with Gasteiger partial charge in [0.1, 0.15) is 12.6 Å². The van der Waals surface area contributed by atoms with Gasteiger partial charge in [0.25, 0.3) is 5.91 Å². The smallest absolute Gasteiger partial charge is 0.253 e. The van der Waals surface area contributed by atoms with Crippen LogP contribution in [0.4, 0.5) is 11.4 Å². The van der Waals surface area contributed by atoms with Crippen molar-refractivity contribution in [1.29, 1.82) is 0 Å². The fraction of sp³-hybridized carbons (Fsp3) is 0.444. The summed E-state index contributed by atoms with van der Waals surface area (Å²) >= 11 is 1.68. The molecule has 8 heteroatoms. The van der Waals surface area contributed by atoms with Crippen molar-refractivity contribution in [2.75, 3.05) is 42.2 Å². The van der Waals surface area contributed by atoms with Crippen LogP contribution >= 0.6 is 11.8 Å². The highest BCUT2D eigenvalue weighted by atomic mass is 32.2. The van der Waals surface area contributed by atoms with Crippen molar-refractivity contribution in [3.05, 3.63) is 53.6 Å². The van der Waals surface area contributed by atoms with E-state index in [1.807, 2.05) is 53.6 Å². The van der Waals surface area contributed by atoms with E-state index in [2.05, 4.69) is 10.2 Å². The lowest BCUT2D eigenvalue weighted by atomic mass is 9.95. The number of nitrogens with one attached hydrogen (secondary N) is 1. The van der Waals surface area contributed by atoms with E-state index in [0.29, 0.717) is 17.8 Å². The summed E-state index contributed by atoms with van der Waals surface area (Å²) in [6, 6.07) is 13.5. The molecule has 3 aliphatic rings. The fourth-order valence-corrected chi connectivity index (χ4v) is 5.71. The summed E-state index contributed by atoms with van der Waals surface area (Å²) in [5, 5.41) is 2.96. The van der Waals surface area contributed by atoms with Crippen LogP contribution in [-0.4, -0.2) is 61.1 Å². The summed E-state index contributed by atoms with van der Waals surface area (Å²) in [6.07, 6.45) is 6.90. The Morgan fingerprint density at radius 3 is 2.46 bits per heavy atom. The highest BCUT2D eigenvalue weighted by Gasteiger charge is 2.40. The van der Waals surface area contributed by atoms with Crippen molar-refractivity contribution < 1.29 is 14.4 Å². The van der Waals surface area contributed by atoms with Crippen LogP contribution in [0.25, 0.3) is 0 Å². The van der Waals surface area contributed by atoms with Crippen molar-refractivity contribution in [3.8, 4) is 0 Å². The first-order valence-electron chi connectivity index (χ1n) is 12.5. The highest BCUT2D eigenvalue weighted by molar-refractivity contribution is 7.98. The van der Waals surface area contributed by atoms with Crippen LogP contribution in [0, 0.1) is 0 Å². The van der Waals surface area contributed by atoms with Crippen LogP contribution in [0.1, 0.15) is 48.0 Å². The van der Waals surface area contributed by atoms with Gasteiger partial charge in [0.15, 0.2) is 0 Å². The van der Waals surface area contributed by atoms with Gasteiger partial charge in [-0.2, -0.15) is 0 Å². The van der Waals surface area contributed by atoms with Crippen molar-refractivity contribution in [2.24, 2.45) is 0 Å². The topological polar surface area (TPSA) is 73.0 Å². The van der Waals surface area contributed by atoms with Crippen molar-refractivity contribution in [3.63, 3.8) is 0 Å². The molecule has 35 heavy (non-hydrogen) atoms. The molecule has 0 radical (unpaired) electrons. The van der Waals surface area contributed by atoms with Gasteiger partial charge in [-0.25, -0.2) is 0 Å². The highest BCUT2D eigenvalue weighted by Crippen LogP contribution is 2.40. The quantitative estimate of drug-likeness (QED) is 0.623. The second-order valence-corrected chi connectivity index (χ2v) is 10.3. The Hall–Kier alpha value is -3.00. The number of piperidine rings is 1. The molecule has 0 aromatic heterocycles. The van der Waals surface area contributed by atoms with Crippen molar-refractivity contribution in [1.82, 2.24) is 10.2 Å². The lowest BCUT2D eigenvalue weighted by Crippen LogP contribution is -2.57. The van der Waals surface area contributed by atoms with Gasteiger partial charge in [0, 0.05) is 36.6 Å². The number of likely N-dealkylation sites (tertiary alicyclic amines) is 1. The number of carbonyl (C=O) groups excluding carboxylic acids is 3. The van der Waals surface area contributed by atoms with Gasteiger partial charge in [-0.3, -0.25) is 19.3 Å². The van der Waals surface area contributed by atoms with Crippen LogP contribution in [0.2, 0.25) is 0 Å². The van der Waals surface area contributed by atoms with E-state index < -0.39 is 0 Å². The maximum atomic E-state index is 13.5. The molecule has 0 saturated carbocycles. The number of amides is 3. The average molecular weight is 493 g/mol. The number of hydrogen-bond acceptors (Lipinski definition) is 5. The number of thioether (sulfide) groups is 1. The zero-order valence-electron chi connectivity index (χ0n) is 20.2. The van der Waals surface area contributed by atoms with Gasteiger partial charge in [0.2, 0.25) is 11.8 Å². The Morgan fingerprint density at radius 1 is 0.971 bits per heavy atom. The van der Waals surface area contributed by atoms with E-state index >= 15 is 0 Å². The fourth-order valence-electron chi connectivity index (χ4n) is 5.30. The maximum Gasteiger partial charge on any atom is 0.253 e. The monoisotopic (exact) mass is 492 g/mol. The Bertz CT molecular complexity index is 1110. The van der Waals surface area contributed by atoms with Gasteiger partial charge in [-0.1, -0.05) is 12.1 Å². The minimum Gasteiger partial charge on any atom is -0.358 e. The van der Waals surface area contributed by atoms with Gasteiger partial charge in [-0.05, 0) is 74.3 Å². The van der Waals surface area contributed by atoms with Crippen molar-refractivity contribution >= 4 is 40.9 Å². The first-order chi connectivity index (χ1) is 17.0. The zero-order chi connectivity index (χ0) is 24.4. The third-order valence-corrected chi connectivity index (χ3v) is 7.96. The molecule has 5 rings (SSSR count). The van der Waals surface area contributed by atoms with Crippen molar-refractivity contribution in [2.45, 2.75) is 49.6 Å².